The highest BCUT2D eigenvalue weighted by Gasteiger charge is 2.35. The second-order valence-electron chi connectivity index (χ2n) is 7.59. The number of rotatable bonds is 7. The van der Waals surface area contributed by atoms with E-state index in [0.29, 0.717) is 13.1 Å². The molecule has 6 heteroatoms. The molecule has 1 amide bonds. The van der Waals surface area contributed by atoms with Gasteiger partial charge < -0.3 is 5.32 Å². The number of hydrogen-bond donors (Lipinski definition) is 2. The van der Waals surface area contributed by atoms with E-state index in [1.807, 2.05) is 18.2 Å². The Balaban J connectivity index is 1.73. The van der Waals surface area contributed by atoms with E-state index in [9.17, 15) is 13.2 Å². The Kier molecular flexibility index (Phi) is 6.52. The van der Waals surface area contributed by atoms with E-state index in [0.717, 1.165) is 31.2 Å². The van der Waals surface area contributed by atoms with Gasteiger partial charge in [-0.2, -0.15) is 0 Å². The molecule has 0 aliphatic heterocycles. The van der Waals surface area contributed by atoms with Gasteiger partial charge in [0.05, 0.1) is 4.90 Å². The first-order valence-corrected chi connectivity index (χ1v) is 11.3. The average Bonchev–Trinajstić information content (AvgIpc) is 2.72. The van der Waals surface area contributed by atoms with Crippen LogP contribution < -0.4 is 10.0 Å². The molecule has 28 heavy (non-hydrogen) atoms. The lowest BCUT2D eigenvalue weighted by Crippen LogP contribution is -2.42. The van der Waals surface area contributed by atoms with Crippen LogP contribution in [-0.2, 0) is 26.8 Å². The highest BCUT2D eigenvalue weighted by atomic mass is 32.2. The van der Waals surface area contributed by atoms with Crippen molar-refractivity contribution in [1.29, 1.82) is 0 Å². The van der Waals surface area contributed by atoms with Gasteiger partial charge in [0, 0.05) is 25.4 Å². The van der Waals surface area contributed by atoms with E-state index in [1.165, 1.54) is 18.9 Å². The zero-order chi connectivity index (χ0) is 20.0. The van der Waals surface area contributed by atoms with E-state index in [4.69, 9.17) is 0 Å². The summed E-state index contributed by atoms with van der Waals surface area (Å²) in [6.45, 7) is 2.25. The van der Waals surface area contributed by atoms with Gasteiger partial charge in [-0.25, -0.2) is 13.1 Å². The smallest absolute Gasteiger partial charge is 0.240 e. The van der Waals surface area contributed by atoms with Crippen LogP contribution in [0.25, 0.3) is 0 Å². The number of amides is 1. The summed E-state index contributed by atoms with van der Waals surface area (Å²) in [6.07, 6.45) is 5.43. The molecule has 1 aliphatic rings. The molecule has 2 aromatic carbocycles. The largest absolute Gasteiger partial charge is 0.352 e. The summed E-state index contributed by atoms with van der Waals surface area (Å²) in [6, 6.07) is 16.9. The van der Waals surface area contributed by atoms with E-state index in [2.05, 4.69) is 22.2 Å². The number of carbonyl (C=O) groups excluding carboxylic acids is 1. The molecule has 1 aliphatic carbocycles. The quantitative estimate of drug-likeness (QED) is 0.747. The highest BCUT2D eigenvalue weighted by Crippen LogP contribution is 2.39. The van der Waals surface area contributed by atoms with Crippen LogP contribution in [0.1, 0.15) is 50.2 Å². The minimum Gasteiger partial charge on any atom is -0.352 e. The van der Waals surface area contributed by atoms with Crippen molar-refractivity contribution in [2.24, 2.45) is 0 Å². The zero-order valence-corrected chi connectivity index (χ0v) is 17.1. The lowest BCUT2D eigenvalue weighted by atomic mass is 9.69. The number of hydrogen-bond acceptors (Lipinski definition) is 3. The highest BCUT2D eigenvalue weighted by molar-refractivity contribution is 7.89. The summed E-state index contributed by atoms with van der Waals surface area (Å²) >= 11 is 0. The summed E-state index contributed by atoms with van der Waals surface area (Å²) in [4.78, 5) is 11.3. The van der Waals surface area contributed by atoms with Gasteiger partial charge in [-0.1, -0.05) is 61.7 Å². The minimum absolute atomic E-state index is 0.114. The maximum Gasteiger partial charge on any atom is 0.240 e. The lowest BCUT2D eigenvalue weighted by Gasteiger charge is -2.38. The number of nitrogens with one attached hydrogen (secondary N) is 2. The van der Waals surface area contributed by atoms with E-state index < -0.39 is 10.0 Å². The molecule has 5 nitrogen and oxygen atoms in total. The molecule has 0 unspecified atom stereocenters. The molecule has 2 N–H and O–H groups in total. The predicted octanol–water partition coefficient (Wildman–Crippen LogP) is 3.50. The Morgan fingerprint density at radius 3 is 2.21 bits per heavy atom. The Bertz CT molecular complexity index is 887. The SMILES string of the molecule is CC(=O)NCc1ccc(S(=O)(=O)NCC2(c3ccccc3)CCCCC2)cc1. The zero-order valence-electron chi connectivity index (χ0n) is 16.3. The predicted molar refractivity (Wildman–Crippen MR) is 110 cm³/mol. The van der Waals surface area contributed by atoms with Gasteiger partial charge in [0.25, 0.3) is 0 Å². The first-order chi connectivity index (χ1) is 13.4. The van der Waals surface area contributed by atoms with Gasteiger partial charge in [-0.15, -0.1) is 0 Å². The lowest BCUT2D eigenvalue weighted by molar-refractivity contribution is -0.119. The summed E-state index contributed by atoms with van der Waals surface area (Å²) in [7, 11) is -3.59. The fraction of sp³-hybridized carbons (Fsp3) is 0.409. The maximum absolute atomic E-state index is 12.8. The van der Waals surface area contributed by atoms with Crippen molar-refractivity contribution in [2.75, 3.05) is 6.54 Å². The van der Waals surface area contributed by atoms with Crippen LogP contribution in [-0.4, -0.2) is 20.9 Å². The Morgan fingerprint density at radius 2 is 1.61 bits per heavy atom. The third-order valence-corrected chi connectivity index (χ3v) is 6.99. The van der Waals surface area contributed by atoms with Gasteiger partial charge in [-0.05, 0) is 36.1 Å². The Morgan fingerprint density at radius 1 is 0.964 bits per heavy atom. The summed E-state index contributed by atoms with van der Waals surface area (Å²) in [5.74, 6) is -0.114. The van der Waals surface area contributed by atoms with Crippen molar-refractivity contribution < 1.29 is 13.2 Å². The van der Waals surface area contributed by atoms with Crippen molar-refractivity contribution >= 4 is 15.9 Å². The number of benzene rings is 2. The topological polar surface area (TPSA) is 75.3 Å². The van der Waals surface area contributed by atoms with Crippen molar-refractivity contribution in [3.05, 3.63) is 65.7 Å². The minimum atomic E-state index is -3.59. The molecule has 0 atom stereocenters. The van der Waals surface area contributed by atoms with Gasteiger partial charge in [-0.3, -0.25) is 4.79 Å². The molecular weight excluding hydrogens is 372 g/mol. The fourth-order valence-electron chi connectivity index (χ4n) is 3.92. The van der Waals surface area contributed by atoms with Crippen molar-refractivity contribution in [2.45, 2.75) is 55.9 Å². The molecule has 0 bridgehead atoms. The molecule has 2 aromatic rings. The number of sulfonamides is 1. The van der Waals surface area contributed by atoms with E-state index in [1.54, 1.807) is 24.3 Å². The van der Waals surface area contributed by atoms with Crippen LogP contribution in [0.3, 0.4) is 0 Å². The molecule has 1 fully saturated rings. The van der Waals surface area contributed by atoms with Crippen molar-refractivity contribution in [3.63, 3.8) is 0 Å². The second-order valence-corrected chi connectivity index (χ2v) is 9.35. The summed E-state index contributed by atoms with van der Waals surface area (Å²) in [5.41, 5.74) is 1.93. The van der Waals surface area contributed by atoms with Crippen LogP contribution in [0, 0.1) is 0 Å². The van der Waals surface area contributed by atoms with Crippen LogP contribution in [0.4, 0.5) is 0 Å². The van der Waals surface area contributed by atoms with Gasteiger partial charge in [0.15, 0.2) is 0 Å². The Labute approximate surface area is 167 Å². The third kappa shape index (κ3) is 5.00. The van der Waals surface area contributed by atoms with Crippen LogP contribution in [0.2, 0.25) is 0 Å². The molecule has 0 aromatic heterocycles. The fourth-order valence-corrected chi connectivity index (χ4v) is 5.04. The first kappa shape index (κ1) is 20.6. The van der Waals surface area contributed by atoms with Crippen molar-refractivity contribution in [3.8, 4) is 0 Å². The normalized spacial score (nSPS) is 16.5. The summed E-state index contributed by atoms with van der Waals surface area (Å²) < 4.78 is 28.5. The van der Waals surface area contributed by atoms with Crippen LogP contribution in [0.5, 0.6) is 0 Å². The molecule has 1 saturated carbocycles. The summed E-state index contributed by atoms with van der Waals surface area (Å²) in [5, 5.41) is 2.71. The molecular formula is C22H28N2O3S. The van der Waals surface area contributed by atoms with Gasteiger partial charge in [0.1, 0.15) is 0 Å². The first-order valence-electron chi connectivity index (χ1n) is 9.80. The van der Waals surface area contributed by atoms with Gasteiger partial charge >= 0.3 is 0 Å². The molecule has 0 spiro atoms. The van der Waals surface area contributed by atoms with Crippen LogP contribution in [0.15, 0.2) is 59.5 Å². The number of carbonyl (C=O) groups is 1. The van der Waals surface area contributed by atoms with Gasteiger partial charge in [0.2, 0.25) is 15.9 Å². The molecule has 0 saturated heterocycles. The Hall–Kier alpha value is -2.18. The van der Waals surface area contributed by atoms with Crippen molar-refractivity contribution in [1.82, 2.24) is 10.0 Å². The van der Waals surface area contributed by atoms with E-state index >= 15 is 0 Å². The average molecular weight is 401 g/mol. The molecule has 0 radical (unpaired) electrons. The van der Waals surface area contributed by atoms with E-state index in [-0.39, 0.29) is 16.2 Å². The standard InChI is InChI=1S/C22H28N2O3S/c1-18(25)23-16-19-10-12-21(13-11-19)28(26,27)24-17-22(14-6-3-7-15-22)20-8-4-2-5-9-20/h2,4-5,8-13,24H,3,6-7,14-17H2,1H3,(H,23,25). The molecule has 3 rings (SSSR count). The maximum atomic E-state index is 12.8. The molecule has 150 valence electrons. The van der Waals surface area contributed by atoms with Crippen LogP contribution >= 0.6 is 0 Å². The monoisotopic (exact) mass is 400 g/mol. The molecule has 0 heterocycles. The second kappa shape index (κ2) is 8.88. The third-order valence-electron chi connectivity index (χ3n) is 5.57.